The van der Waals surface area contributed by atoms with Crippen LogP contribution in [0.1, 0.15) is 18.4 Å². The summed E-state index contributed by atoms with van der Waals surface area (Å²) in [6.07, 6.45) is 3.45. The minimum atomic E-state index is -0.263. The number of carbonyl (C=O) groups excluding carboxylic acids is 1. The monoisotopic (exact) mass is 435 g/mol. The highest BCUT2D eigenvalue weighted by Gasteiger charge is 2.27. The fourth-order valence-electron chi connectivity index (χ4n) is 3.79. The van der Waals surface area contributed by atoms with Crippen molar-refractivity contribution in [3.63, 3.8) is 0 Å². The van der Waals surface area contributed by atoms with Crippen LogP contribution in [0.15, 0.2) is 54.7 Å². The molecule has 158 valence electrons. The number of benzene rings is 2. The van der Waals surface area contributed by atoms with E-state index in [0.29, 0.717) is 0 Å². The van der Waals surface area contributed by atoms with Gasteiger partial charge in [0, 0.05) is 30.3 Å². The maximum atomic E-state index is 13.1. The van der Waals surface area contributed by atoms with Gasteiger partial charge in [0.05, 0.1) is 11.9 Å². The lowest BCUT2D eigenvalue weighted by Crippen LogP contribution is -2.38. The number of halogens is 1. The van der Waals surface area contributed by atoms with E-state index in [-0.39, 0.29) is 17.6 Å². The largest absolute Gasteiger partial charge is 0.347 e. The second kappa shape index (κ2) is 8.11. The van der Waals surface area contributed by atoms with Crippen molar-refractivity contribution in [3.8, 4) is 11.3 Å². The van der Waals surface area contributed by atoms with Crippen molar-refractivity contribution in [2.75, 3.05) is 23.3 Å². The number of carbonyl (C=O) groups is 1. The van der Waals surface area contributed by atoms with Gasteiger partial charge in [0.1, 0.15) is 5.82 Å². The number of rotatable bonds is 4. The van der Waals surface area contributed by atoms with Crippen molar-refractivity contribution >= 4 is 33.0 Å². The third kappa shape index (κ3) is 4.16. The van der Waals surface area contributed by atoms with Crippen LogP contribution in [0.4, 0.5) is 15.2 Å². The Balaban J connectivity index is 1.22. The van der Waals surface area contributed by atoms with Crippen molar-refractivity contribution in [1.29, 1.82) is 0 Å². The Morgan fingerprint density at radius 2 is 1.81 bits per heavy atom. The highest BCUT2D eigenvalue weighted by atomic mass is 32.1. The average Bonchev–Trinajstić information content (AvgIpc) is 3.35. The van der Waals surface area contributed by atoms with E-state index in [1.54, 1.807) is 16.6 Å². The topological polar surface area (TPSA) is 62.5 Å². The molecular formula is C23H22FN5OS. The second-order valence-electron chi connectivity index (χ2n) is 7.86. The first-order valence-corrected chi connectivity index (χ1v) is 11.1. The summed E-state index contributed by atoms with van der Waals surface area (Å²) < 4.78 is 14.9. The first-order valence-electron chi connectivity index (χ1n) is 10.3. The van der Waals surface area contributed by atoms with Gasteiger partial charge in [-0.25, -0.2) is 13.9 Å². The van der Waals surface area contributed by atoms with Crippen LogP contribution in [0, 0.1) is 18.7 Å². The molecule has 31 heavy (non-hydrogen) atoms. The maximum Gasteiger partial charge on any atom is 0.227 e. The van der Waals surface area contributed by atoms with Crippen LogP contribution in [0.3, 0.4) is 0 Å². The molecule has 5 rings (SSSR count). The number of aromatic nitrogens is 3. The molecule has 0 spiro atoms. The van der Waals surface area contributed by atoms with Crippen LogP contribution in [0.25, 0.3) is 16.2 Å². The fraction of sp³-hybridized carbons (Fsp3) is 0.261. The van der Waals surface area contributed by atoms with E-state index in [9.17, 15) is 9.18 Å². The van der Waals surface area contributed by atoms with Gasteiger partial charge in [-0.15, -0.1) is 5.10 Å². The molecule has 8 heteroatoms. The Bertz CT molecular complexity index is 1180. The van der Waals surface area contributed by atoms with Gasteiger partial charge >= 0.3 is 0 Å². The summed E-state index contributed by atoms with van der Waals surface area (Å²) in [6.45, 7) is 3.60. The molecule has 0 saturated carbocycles. The molecule has 0 bridgehead atoms. The van der Waals surface area contributed by atoms with E-state index >= 15 is 0 Å². The summed E-state index contributed by atoms with van der Waals surface area (Å²) in [7, 11) is 0. The Kier molecular flexibility index (Phi) is 5.15. The van der Waals surface area contributed by atoms with Crippen molar-refractivity contribution < 1.29 is 9.18 Å². The summed E-state index contributed by atoms with van der Waals surface area (Å²) in [5.74, 6) is -0.172. The van der Waals surface area contributed by atoms with Gasteiger partial charge < -0.3 is 10.2 Å². The predicted octanol–water partition coefficient (Wildman–Crippen LogP) is 4.76. The average molecular weight is 436 g/mol. The molecule has 1 N–H and O–H groups in total. The molecule has 4 aromatic rings. The van der Waals surface area contributed by atoms with Gasteiger partial charge in [-0.3, -0.25) is 4.79 Å². The van der Waals surface area contributed by atoms with Crippen molar-refractivity contribution in [3.05, 3.63) is 66.1 Å². The zero-order valence-corrected chi connectivity index (χ0v) is 17.9. The van der Waals surface area contributed by atoms with E-state index in [2.05, 4.69) is 20.3 Å². The molecule has 3 heterocycles. The molecule has 1 aliphatic rings. The quantitative estimate of drug-likeness (QED) is 0.502. The third-order valence-electron chi connectivity index (χ3n) is 5.63. The smallest absolute Gasteiger partial charge is 0.227 e. The van der Waals surface area contributed by atoms with Gasteiger partial charge in [0.25, 0.3) is 0 Å². The standard InChI is InChI=1S/C23H22FN5OS/c1-15-2-8-19(9-3-15)25-21(30)17-10-12-28(13-11-17)23-27-29-14-20(26-22(29)31-23)16-4-6-18(24)7-5-16/h2-9,14,17H,10-13H2,1H3,(H,25,30). The number of amides is 1. The number of nitrogens with zero attached hydrogens (tertiary/aromatic N) is 4. The Morgan fingerprint density at radius 3 is 2.48 bits per heavy atom. The van der Waals surface area contributed by atoms with Crippen LogP contribution in [0.5, 0.6) is 0 Å². The molecule has 0 aliphatic carbocycles. The molecule has 0 unspecified atom stereocenters. The zero-order valence-electron chi connectivity index (χ0n) is 17.1. The Labute approximate surface area is 183 Å². The number of anilines is 2. The number of fused-ring (bicyclic) bond motifs is 1. The summed E-state index contributed by atoms with van der Waals surface area (Å²) in [5.41, 5.74) is 3.65. The van der Waals surface area contributed by atoms with E-state index in [0.717, 1.165) is 53.0 Å². The van der Waals surface area contributed by atoms with Gasteiger partial charge in [-0.1, -0.05) is 29.0 Å². The van der Waals surface area contributed by atoms with Crippen molar-refractivity contribution in [1.82, 2.24) is 14.6 Å². The van der Waals surface area contributed by atoms with E-state index in [1.165, 1.54) is 29.0 Å². The lowest BCUT2D eigenvalue weighted by Gasteiger charge is -2.30. The number of imidazole rings is 1. The van der Waals surface area contributed by atoms with E-state index < -0.39 is 0 Å². The highest BCUT2D eigenvalue weighted by molar-refractivity contribution is 7.20. The van der Waals surface area contributed by atoms with E-state index in [4.69, 9.17) is 0 Å². The molecule has 0 atom stereocenters. The zero-order chi connectivity index (χ0) is 21.4. The Hall–Kier alpha value is -3.26. The minimum absolute atomic E-state index is 0.00618. The first-order chi connectivity index (χ1) is 15.0. The lowest BCUT2D eigenvalue weighted by molar-refractivity contribution is -0.120. The molecule has 1 saturated heterocycles. The molecule has 1 aliphatic heterocycles. The normalized spacial score (nSPS) is 14.8. The first kappa shape index (κ1) is 19.7. The number of piperidine rings is 1. The summed E-state index contributed by atoms with van der Waals surface area (Å²) in [6, 6.07) is 14.2. The number of hydrogen-bond donors (Lipinski definition) is 1. The lowest BCUT2D eigenvalue weighted by atomic mass is 9.96. The molecule has 2 aromatic heterocycles. The Morgan fingerprint density at radius 1 is 1.10 bits per heavy atom. The van der Waals surface area contributed by atoms with Crippen molar-refractivity contribution in [2.24, 2.45) is 5.92 Å². The van der Waals surface area contributed by atoms with Crippen LogP contribution in [0.2, 0.25) is 0 Å². The molecule has 6 nitrogen and oxygen atoms in total. The number of nitrogens with one attached hydrogen (secondary N) is 1. The summed E-state index contributed by atoms with van der Waals surface area (Å²) >= 11 is 1.53. The minimum Gasteiger partial charge on any atom is -0.347 e. The van der Waals surface area contributed by atoms with E-state index in [1.807, 2.05) is 37.4 Å². The molecular weight excluding hydrogens is 413 g/mol. The van der Waals surface area contributed by atoms with Crippen LogP contribution in [-0.2, 0) is 4.79 Å². The fourth-order valence-corrected chi connectivity index (χ4v) is 4.73. The van der Waals surface area contributed by atoms with Gasteiger partial charge in [0.15, 0.2) is 0 Å². The number of aryl methyl sites for hydroxylation is 1. The van der Waals surface area contributed by atoms with Gasteiger partial charge in [0.2, 0.25) is 16.0 Å². The van der Waals surface area contributed by atoms with Crippen molar-refractivity contribution in [2.45, 2.75) is 19.8 Å². The van der Waals surface area contributed by atoms with Gasteiger partial charge in [-0.05, 0) is 56.2 Å². The highest BCUT2D eigenvalue weighted by Crippen LogP contribution is 2.30. The van der Waals surface area contributed by atoms with Crippen LogP contribution < -0.4 is 10.2 Å². The molecule has 2 aromatic carbocycles. The SMILES string of the molecule is Cc1ccc(NC(=O)C2CCN(c3nn4cc(-c5ccc(F)cc5)nc4s3)CC2)cc1. The summed E-state index contributed by atoms with van der Waals surface area (Å²) in [4.78, 5) is 20.3. The molecule has 1 fully saturated rings. The predicted molar refractivity (Wildman–Crippen MR) is 121 cm³/mol. The number of hydrogen-bond acceptors (Lipinski definition) is 5. The summed E-state index contributed by atoms with van der Waals surface area (Å²) in [5, 5.41) is 8.61. The van der Waals surface area contributed by atoms with Crippen LogP contribution >= 0.6 is 11.3 Å². The second-order valence-corrected chi connectivity index (χ2v) is 8.80. The molecule has 0 radical (unpaired) electrons. The third-order valence-corrected chi connectivity index (χ3v) is 6.61. The maximum absolute atomic E-state index is 13.1. The molecule has 1 amide bonds. The van der Waals surface area contributed by atoms with Crippen LogP contribution in [-0.4, -0.2) is 33.6 Å². The van der Waals surface area contributed by atoms with Gasteiger partial charge in [-0.2, -0.15) is 0 Å².